The molecule has 132 valence electrons. The molecule has 0 saturated heterocycles. The third kappa shape index (κ3) is 2.75. The molecule has 2 unspecified atom stereocenters. The molecule has 0 spiro atoms. The van der Waals surface area contributed by atoms with Gasteiger partial charge >= 0.3 is 5.97 Å². The Balaban J connectivity index is 1.28. The molecule has 4 fully saturated rings. The van der Waals surface area contributed by atoms with Gasteiger partial charge < -0.3 is 9.84 Å². The zero-order valence-electron chi connectivity index (χ0n) is 13.9. The lowest BCUT2D eigenvalue weighted by molar-refractivity contribution is -0.197. The van der Waals surface area contributed by atoms with Crippen LogP contribution in [0, 0.1) is 17.3 Å². The lowest BCUT2D eigenvalue weighted by Crippen LogP contribution is -2.58. The molecule has 6 rings (SSSR count). The lowest BCUT2D eigenvalue weighted by Gasteiger charge is -2.58. The topological polar surface area (TPSA) is 59.4 Å². The van der Waals surface area contributed by atoms with Crippen LogP contribution in [0.5, 0.6) is 0 Å². The summed E-state index contributed by atoms with van der Waals surface area (Å²) in [7, 11) is 0. The maximum Gasteiger partial charge on any atom is 0.312 e. The van der Waals surface area contributed by atoms with Crippen LogP contribution in [0.15, 0.2) is 22.9 Å². The Kier molecular flexibility index (Phi) is 3.60. The summed E-state index contributed by atoms with van der Waals surface area (Å²) >= 11 is 3.25. The number of ether oxygens (including phenoxy) is 1. The van der Waals surface area contributed by atoms with Crippen LogP contribution in [0.2, 0.25) is 0 Å². The van der Waals surface area contributed by atoms with Crippen molar-refractivity contribution >= 4 is 28.6 Å². The predicted octanol–water partition coefficient (Wildman–Crippen LogP) is 4.25. The van der Waals surface area contributed by atoms with Gasteiger partial charge in [-0.3, -0.25) is 4.79 Å². The summed E-state index contributed by atoms with van der Waals surface area (Å²) in [6.07, 6.45) is 5.28. The third-order valence-electron chi connectivity index (χ3n) is 6.10. The molecule has 6 heteroatoms. The van der Waals surface area contributed by atoms with Gasteiger partial charge in [0, 0.05) is 5.38 Å². The first-order chi connectivity index (χ1) is 12.0. The van der Waals surface area contributed by atoms with E-state index in [-0.39, 0.29) is 12.6 Å². The van der Waals surface area contributed by atoms with E-state index < -0.39 is 11.0 Å². The standard InChI is InChI=1S/C19H21NO3S2/c21-17(18-5-12-4-13(6-18)8-19(22,7-12)11-18)23-9-14-10-25-16(20-14)15-2-1-3-24-15/h1-3,10,12-13,22H,4-9,11H2. The van der Waals surface area contributed by atoms with E-state index in [2.05, 4.69) is 11.1 Å². The molecular weight excluding hydrogens is 354 g/mol. The van der Waals surface area contributed by atoms with Crippen LogP contribution in [-0.2, 0) is 16.1 Å². The highest BCUT2D eigenvalue weighted by Gasteiger charge is 2.60. The Bertz CT molecular complexity index is 783. The molecule has 2 aromatic rings. The zero-order valence-corrected chi connectivity index (χ0v) is 15.6. The van der Waals surface area contributed by atoms with E-state index in [1.54, 1.807) is 22.7 Å². The molecule has 4 aliphatic carbocycles. The van der Waals surface area contributed by atoms with Crippen molar-refractivity contribution < 1.29 is 14.6 Å². The summed E-state index contributed by atoms with van der Waals surface area (Å²) in [6.45, 7) is 0.232. The van der Waals surface area contributed by atoms with E-state index in [4.69, 9.17) is 4.74 Å². The van der Waals surface area contributed by atoms with Crippen molar-refractivity contribution in [3.63, 3.8) is 0 Å². The summed E-state index contributed by atoms with van der Waals surface area (Å²) in [5.74, 6) is 0.859. The number of nitrogens with zero attached hydrogens (tertiary/aromatic N) is 1. The minimum Gasteiger partial charge on any atom is -0.459 e. The minimum absolute atomic E-state index is 0.120. The molecule has 25 heavy (non-hydrogen) atoms. The predicted molar refractivity (Wildman–Crippen MR) is 97.3 cm³/mol. The quantitative estimate of drug-likeness (QED) is 0.812. The lowest BCUT2D eigenvalue weighted by atomic mass is 9.48. The Labute approximate surface area is 154 Å². The Morgan fingerprint density at radius 2 is 2.08 bits per heavy atom. The fourth-order valence-electron chi connectivity index (χ4n) is 5.63. The first kappa shape index (κ1) is 16.0. The van der Waals surface area contributed by atoms with Gasteiger partial charge in [0.15, 0.2) is 0 Å². The molecular formula is C19H21NO3S2. The van der Waals surface area contributed by atoms with Gasteiger partial charge in [0.05, 0.1) is 21.6 Å². The van der Waals surface area contributed by atoms with Crippen molar-refractivity contribution in [3.05, 3.63) is 28.6 Å². The number of carbonyl (C=O) groups excluding carboxylic acids is 1. The number of hydrogen-bond donors (Lipinski definition) is 1. The number of esters is 1. The maximum atomic E-state index is 12.9. The van der Waals surface area contributed by atoms with E-state index in [1.807, 2.05) is 16.8 Å². The highest BCUT2D eigenvalue weighted by molar-refractivity contribution is 7.20. The molecule has 0 radical (unpaired) electrons. The van der Waals surface area contributed by atoms with Crippen LogP contribution in [-0.4, -0.2) is 21.7 Å². The van der Waals surface area contributed by atoms with Gasteiger partial charge in [-0.25, -0.2) is 4.98 Å². The van der Waals surface area contributed by atoms with Crippen LogP contribution in [0.3, 0.4) is 0 Å². The fraction of sp³-hybridized carbons (Fsp3) is 0.579. The molecule has 2 atom stereocenters. The van der Waals surface area contributed by atoms with E-state index >= 15 is 0 Å². The van der Waals surface area contributed by atoms with E-state index in [9.17, 15) is 9.90 Å². The molecule has 4 nitrogen and oxygen atoms in total. The normalized spacial score (nSPS) is 35.9. The Morgan fingerprint density at radius 3 is 2.76 bits per heavy atom. The largest absolute Gasteiger partial charge is 0.459 e. The Hall–Kier alpha value is -1.24. The van der Waals surface area contributed by atoms with Crippen LogP contribution >= 0.6 is 22.7 Å². The number of carbonyl (C=O) groups is 1. The highest BCUT2D eigenvalue weighted by Crippen LogP contribution is 2.62. The van der Waals surface area contributed by atoms with Gasteiger partial charge in [0.1, 0.15) is 11.6 Å². The van der Waals surface area contributed by atoms with Gasteiger partial charge in [-0.1, -0.05) is 6.07 Å². The number of aliphatic hydroxyl groups is 1. The first-order valence-electron chi connectivity index (χ1n) is 8.92. The monoisotopic (exact) mass is 375 g/mol. The highest BCUT2D eigenvalue weighted by atomic mass is 32.1. The second-order valence-electron chi connectivity index (χ2n) is 8.16. The van der Waals surface area contributed by atoms with Gasteiger partial charge in [-0.05, 0) is 61.8 Å². The minimum atomic E-state index is -0.629. The van der Waals surface area contributed by atoms with Crippen molar-refractivity contribution in [1.82, 2.24) is 4.98 Å². The second-order valence-corrected chi connectivity index (χ2v) is 9.97. The first-order valence-corrected chi connectivity index (χ1v) is 10.7. The number of thiophene rings is 1. The molecule has 4 bridgehead atoms. The summed E-state index contributed by atoms with van der Waals surface area (Å²) in [5, 5.41) is 15.8. The summed E-state index contributed by atoms with van der Waals surface area (Å²) in [4.78, 5) is 18.6. The van der Waals surface area contributed by atoms with Crippen molar-refractivity contribution in [2.45, 2.75) is 50.7 Å². The van der Waals surface area contributed by atoms with Gasteiger partial charge in [-0.2, -0.15) is 0 Å². The van der Waals surface area contributed by atoms with Gasteiger partial charge in [-0.15, -0.1) is 22.7 Å². The third-order valence-corrected chi connectivity index (χ3v) is 8.03. The van der Waals surface area contributed by atoms with Crippen molar-refractivity contribution in [3.8, 4) is 9.88 Å². The molecule has 2 aromatic heterocycles. The van der Waals surface area contributed by atoms with E-state index in [1.165, 1.54) is 6.42 Å². The van der Waals surface area contributed by atoms with Crippen LogP contribution in [0.1, 0.15) is 44.2 Å². The molecule has 4 aliphatic rings. The van der Waals surface area contributed by atoms with Crippen LogP contribution in [0.25, 0.3) is 9.88 Å². The SMILES string of the molecule is O=C(OCc1csc(-c2cccs2)n1)C12CC3CC(CC(O)(C3)C1)C2. The Morgan fingerprint density at radius 1 is 1.28 bits per heavy atom. The average Bonchev–Trinajstić information content (AvgIpc) is 3.21. The number of hydrogen-bond acceptors (Lipinski definition) is 6. The number of rotatable bonds is 4. The van der Waals surface area contributed by atoms with E-state index in [0.29, 0.717) is 18.3 Å². The molecule has 1 N–H and O–H groups in total. The van der Waals surface area contributed by atoms with Crippen LogP contribution in [0.4, 0.5) is 0 Å². The van der Waals surface area contributed by atoms with Crippen molar-refractivity contribution in [1.29, 1.82) is 0 Å². The smallest absolute Gasteiger partial charge is 0.312 e. The molecule has 0 aromatic carbocycles. The van der Waals surface area contributed by atoms with Gasteiger partial charge in [0.2, 0.25) is 0 Å². The molecule has 0 amide bonds. The molecule has 0 aliphatic heterocycles. The van der Waals surface area contributed by atoms with E-state index in [0.717, 1.165) is 41.3 Å². The number of thiazole rings is 1. The fourth-order valence-corrected chi connectivity index (χ4v) is 7.25. The van der Waals surface area contributed by atoms with Crippen molar-refractivity contribution in [2.75, 3.05) is 0 Å². The summed E-state index contributed by atoms with van der Waals surface area (Å²) in [6, 6.07) is 4.06. The zero-order chi connectivity index (χ0) is 17.1. The summed E-state index contributed by atoms with van der Waals surface area (Å²) in [5.41, 5.74) is -0.271. The average molecular weight is 376 g/mol. The van der Waals surface area contributed by atoms with Gasteiger partial charge in [0.25, 0.3) is 0 Å². The molecule has 2 heterocycles. The van der Waals surface area contributed by atoms with Crippen LogP contribution < -0.4 is 0 Å². The second kappa shape index (κ2) is 5.63. The maximum absolute atomic E-state index is 12.9. The summed E-state index contributed by atoms with van der Waals surface area (Å²) < 4.78 is 5.69. The number of aromatic nitrogens is 1. The van der Waals surface area contributed by atoms with Crippen molar-refractivity contribution in [2.24, 2.45) is 17.3 Å². The molecule has 4 saturated carbocycles.